The van der Waals surface area contributed by atoms with Crippen molar-refractivity contribution >= 4 is 5.97 Å². The number of hydrogen-bond acceptors (Lipinski definition) is 4. The first kappa shape index (κ1) is 15.8. The molecular weight excluding hydrogens is 186 g/mol. The molecular formula is C9H21NO4. The van der Waals surface area contributed by atoms with Crippen LogP contribution in [0, 0.1) is 0 Å². The van der Waals surface area contributed by atoms with E-state index in [1.807, 2.05) is 0 Å². The number of quaternary nitrogens is 1. The van der Waals surface area contributed by atoms with Crippen molar-refractivity contribution in [3.05, 3.63) is 0 Å². The standard InChI is InChI=1S/C6H16NO.C3H6O3/c1-7(2,3)5-6-8-4;1-6-2-3(4)5/h5-6H2,1-4H3;2H2,1H3,(H,4,5)/q+1;/p-1. The number of methoxy groups -OCH3 is 2. The van der Waals surface area contributed by atoms with E-state index in [0.29, 0.717) is 0 Å². The van der Waals surface area contributed by atoms with E-state index in [1.165, 1.54) is 7.11 Å². The predicted octanol–water partition coefficient (Wildman–Crippen LogP) is -1.28. The van der Waals surface area contributed by atoms with Gasteiger partial charge in [0.15, 0.2) is 0 Å². The van der Waals surface area contributed by atoms with Crippen molar-refractivity contribution in [2.24, 2.45) is 0 Å². The molecule has 0 atom stereocenters. The highest BCUT2D eigenvalue weighted by atomic mass is 16.5. The minimum Gasteiger partial charge on any atom is -0.548 e. The minimum atomic E-state index is -1.18. The van der Waals surface area contributed by atoms with Gasteiger partial charge in [-0.05, 0) is 0 Å². The Balaban J connectivity index is 0. The van der Waals surface area contributed by atoms with Gasteiger partial charge in [0.25, 0.3) is 0 Å². The number of hydrogen-bond donors (Lipinski definition) is 0. The second-order valence-corrected chi connectivity index (χ2v) is 3.81. The summed E-state index contributed by atoms with van der Waals surface area (Å²) in [5.41, 5.74) is 0. The summed E-state index contributed by atoms with van der Waals surface area (Å²) >= 11 is 0. The molecule has 5 heteroatoms. The van der Waals surface area contributed by atoms with Crippen LogP contribution in [0.2, 0.25) is 0 Å². The molecule has 0 aliphatic carbocycles. The Labute approximate surface area is 85.8 Å². The molecule has 0 spiro atoms. The summed E-state index contributed by atoms with van der Waals surface area (Å²) in [5, 5.41) is 9.36. The summed E-state index contributed by atoms with van der Waals surface area (Å²) in [6, 6.07) is 0. The predicted molar refractivity (Wildman–Crippen MR) is 51.7 cm³/mol. The second-order valence-electron chi connectivity index (χ2n) is 3.81. The molecule has 0 fully saturated rings. The fourth-order valence-corrected chi connectivity index (χ4v) is 0.483. The van der Waals surface area contributed by atoms with Crippen molar-refractivity contribution in [3.63, 3.8) is 0 Å². The van der Waals surface area contributed by atoms with Gasteiger partial charge >= 0.3 is 0 Å². The highest BCUT2D eigenvalue weighted by molar-refractivity contribution is 5.65. The number of aliphatic carboxylic acids is 1. The van der Waals surface area contributed by atoms with Crippen LogP contribution in [0.1, 0.15) is 0 Å². The number of carbonyl (C=O) groups excluding carboxylic acids is 1. The molecule has 0 rings (SSSR count). The Morgan fingerprint density at radius 2 is 1.71 bits per heavy atom. The third-order valence-electron chi connectivity index (χ3n) is 1.23. The lowest BCUT2D eigenvalue weighted by Gasteiger charge is -2.22. The van der Waals surface area contributed by atoms with Crippen molar-refractivity contribution in [3.8, 4) is 0 Å². The lowest BCUT2D eigenvalue weighted by molar-refractivity contribution is -0.870. The van der Waals surface area contributed by atoms with Gasteiger partial charge in [-0.25, -0.2) is 0 Å². The van der Waals surface area contributed by atoms with E-state index in [9.17, 15) is 9.90 Å². The Bertz CT molecular complexity index is 142. The molecule has 0 saturated heterocycles. The summed E-state index contributed by atoms with van der Waals surface area (Å²) in [6.45, 7) is 1.61. The molecule has 0 amide bonds. The number of ether oxygens (including phenoxy) is 2. The average molecular weight is 207 g/mol. The van der Waals surface area contributed by atoms with Crippen LogP contribution in [0.25, 0.3) is 0 Å². The van der Waals surface area contributed by atoms with Gasteiger partial charge in [-0.15, -0.1) is 0 Å². The first-order chi connectivity index (χ1) is 6.33. The van der Waals surface area contributed by atoms with Crippen LogP contribution < -0.4 is 5.11 Å². The molecule has 0 heterocycles. The van der Waals surface area contributed by atoms with E-state index < -0.39 is 5.97 Å². The van der Waals surface area contributed by atoms with Crippen LogP contribution >= 0.6 is 0 Å². The number of carboxylic acid groups (broad SMARTS) is 1. The second kappa shape index (κ2) is 8.93. The van der Waals surface area contributed by atoms with Gasteiger partial charge in [-0.2, -0.15) is 0 Å². The Morgan fingerprint density at radius 3 is 1.79 bits per heavy atom. The molecule has 0 aromatic rings. The number of likely N-dealkylation sites (N-methyl/N-ethyl adjacent to an activating group) is 1. The number of rotatable bonds is 5. The number of nitrogens with zero attached hydrogens (tertiary/aromatic N) is 1. The van der Waals surface area contributed by atoms with Crippen molar-refractivity contribution in [2.45, 2.75) is 0 Å². The van der Waals surface area contributed by atoms with E-state index in [2.05, 4.69) is 25.9 Å². The molecule has 0 aliphatic heterocycles. The topological polar surface area (TPSA) is 58.6 Å². The van der Waals surface area contributed by atoms with Gasteiger partial charge in [-0.3, -0.25) is 0 Å². The zero-order chi connectivity index (χ0) is 11.6. The van der Waals surface area contributed by atoms with Gasteiger partial charge in [-0.1, -0.05) is 0 Å². The monoisotopic (exact) mass is 207 g/mol. The number of carbonyl (C=O) groups is 1. The Hall–Kier alpha value is -0.650. The number of carboxylic acids is 1. The summed E-state index contributed by atoms with van der Waals surface area (Å²) < 4.78 is 10.0. The fourth-order valence-electron chi connectivity index (χ4n) is 0.483. The molecule has 0 saturated carbocycles. The van der Waals surface area contributed by atoms with Crippen LogP contribution in [0.4, 0.5) is 0 Å². The van der Waals surface area contributed by atoms with Gasteiger partial charge < -0.3 is 23.9 Å². The largest absolute Gasteiger partial charge is 0.548 e. The maximum atomic E-state index is 9.36. The molecule has 86 valence electrons. The molecule has 0 radical (unpaired) electrons. The SMILES string of the molecule is COCC(=O)[O-].COCC[N+](C)(C)C. The fraction of sp³-hybridized carbons (Fsp3) is 0.889. The molecule has 5 nitrogen and oxygen atoms in total. The smallest absolute Gasteiger partial charge is 0.102 e. The highest BCUT2D eigenvalue weighted by Crippen LogP contribution is 1.87. The highest BCUT2D eigenvalue weighted by Gasteiger charge is 2.03. The third-order valence-corrected chi connectivity index (χ3v) is 1.23. The van der Waals surface area contributed by atoms with Crippen LogP contribution in [-0.4, -0.2) is 65.6 Å². The van der Waals surface area contributed by atoms with Crippen LogP contribution in [0.3, 0.4) is 0 Å². The van der Waals surface area contributed by atoms with Crippen LogP contribution in [0.5, 0.6) is 0 Å². The van der Waals surface area contributed by atoms with E-state index in [4.69, 9.17) is 4.74 Å². The molecule has 0 aromatic heterocycles. The minimum absolute atomic E-state index is 0.319. The van der Waals surface area contributed by atoms with Crippen LogP contribution in [0.15, 0.2) is 0 Å². The molecule has 0 bridgehead atoms. The maximum absolute atomic E-state index is 9.36. The molecule has 0 unspecified atom stereocenters. The molecule has 0 aliphatic rings. The molecule has 0 aromatic carbocycles. The zero-order valence-electron chi connectivity index (χ0n) is 9.70. The molecule has 14 heavy (non-hydrogen) atoms. The first-order valence-corrected chi connectivity index (χ1v) is 4.31. The average Bonchev–Trinajstić information content (AvgIpc) is 2.00. The van der Waals surface area contributed by atoms with E-state index in [-0.39, 0.29) is 6.61 Å². The Morgan fingerprint density at radius 1 is 1.21 bits per heavy atom. The van der Waals surface area contributed by atoms with Crippen molar-refractivity contribution in [1.29, 1.82) is 0 Å². The summed E-state index contributed by atoms with van der Waals surface area (Å²) in [4.78, 5) is 9.36. The third kappa shape index (κ3) is 22.5. The zero-order valence-corrected chi connectivity index (χ0v) is 9.70. The van der Waals surface area contributed by atoms with Crippen molar-refractivity contribution in [2.75, 3.05) is 55.1 Å². The summed E-state index contributed by atoms with van der Waals surface area (Å²) in [5.74, 6) is -1.18. The Kier molecular flexibility index (Phi) is 10.1. The van der Waals surface area contributed by atoms with Gasteiger partial charge in [0.05, 0.1) is 40.3 Å². The van der Waals surface area contributed by atoms with Gasteiger partial charge in [0, 0.05) is 14.2 Å². The van der Waals surface area contributed by atoms with E-state index in [1.54, 1.807) is 7.11 Å². The lowest BCUT2D eigenvalue weighted by Crippen LogP contribution is -2.37. The van der Waals surface area contributed by atoms with E-state index >= 15 is 0 Å². The normalized spacial score (nSPS) is 10.4. The van der Waals surface area contributed by atoms with Crippen LogP contribution in [-0.2, 0) is 14.3 Å². The van der Waals surface area contributed by atoms with E-state index in [0.717, 1.165) is 17.6 Å². The lowest BCUT2D eigenvalue weighted by atomic mass is 10.5. The summed E-state index contributed by atoms with van der Waals surface area (Å²) in [7, 11) is 9.49. The molecule has 0 N–H and O–H groups in total. The van der Waals surface area contributed by atoms with Gasteiger partial charge in [0.1, 0.15) is 6.54 Å². The first-order valence-electron chi connectivity index (χ1n) is 4.31. The van der Waals surface area contributed by atoms with Crippen molar-refractivity contribution < 1.29 is 23.9 Å². The van der Waals surface area contributed by atoms with Crippen molar-refractivity contribution in [1.82, 2.24) is 0 Å². The van der Waals surface area contributed by atoms with Gasteiger partial charge in [0.2, 0.25) is 0 Å². The maximum Gasteiger partial charge on any atom is 0.102 e. The quantitative estimate of drug-likeness (QED) is 0.527. The summed E-state index contributed by atoms with van der Waals surface area (Å²) in [6.07, 6.45) is 0.